The number of carbonyl (C=O) groups excluding carboxylic acids is 1. The molecule has 0 saturated carbocycles. The number of rotatable bonds is 2. The summed E-state index contributed by atoms with van der Waals surface area (Å²) >= 11 is 5.92. The van der Waals surface area contributed by atoms with Gasteiger partial charge in [0.1, 0.15) is 17.3 Å². The largest absolute Gasteiger partial charge is 0.396 e. The Balaban J connectivity index is 2.28. The number of aromatic nitrogens is 1. The number of fused-ring (bicyclic) bond motifs is 1. The monoisotopic (exact) mass is 295 g/mol. The fourth-order valence-electron chi connectivity index (χ4n) is 2.34. The SMILES string of the molecule is N#Cc1c(N)c(C(=O)c2cccc(Cl)c2)n2ccccc12. The van der Waals surface area contributed by atoms with Gasteiger partial charge in [0.05, 0.1) is 11.2 Å². The van der Waals surface area contributed by atoms with Gasteiger partial charge in [-0.15, -0.1) is 0 Å². The second kappa shape index (κ2) is 4.97. The van der Waals surface area contributed by atoms with Crippen molar-refractivity contribution in [3.05, 3.63) is 70.5 Å². The molecule has 0 unspecified atom stereocenters. The van der Waals surface area contributed by atoms with E-state index in [1.807, 2.05) is 0 Å². The first-order chi connectivity index (χ1) is 10.1. The van der Waals surface area contributed by atoms with Crippen LogP contribution in [0.25, 0.3) is 5.52 Å². The molecular formula is C16H10ClN3O. The normalized spacial score (nSPS) is 10.5. The fourth-order valence-corrected chi connectivity index (χ4v) is 2.53. The Bertz CT molecular complexity index is 906. The standard InChI is InChI=1S/C16H10ClN3O/c17-11-5-3-4-10(8-11)16(21)15-14(19)12(9-18)13-6-1-2-7-20(13)15/h1-8H,19H2. The van der Waals surface area contributed by atoms with Gasteiger partial charge in [0.2, 0.25) is 5.78 Å². The van der Waals surface area contributed by atoms with Gasteiger partial charge in [0.25, 0.3) is 0 Å². The van der Waals surface area contributed by atoms with Crippen LogP contribution in [0.3, 0.4) is 0 Å². The van der Waals surface area contributed by atoms with Crippen LogP contribution >= 0.6 is 11.6 Å². The maximum absolute atomic E-state index is 12.7. The molecule has 0 spiro atoms. The summed E-state index contributed by atoms with van der Waals surface area (Å²) in [6, 6.07) is 14.0. The quantitative estimate of drug-likeness (QED) is 0.738. The Morgan fingerprint density at radius 2 is 2.05 bits per heavy atom. The highest BCUT2D eigenvalue weighted by Gasteiger charge is 2.22. The summed E-state index contributed by atoms with van der Waals surface area (Å²) in [5.74, 6) is -0.266. The molecule has 1 aromatic carbocycles. The number of hydrogen-bond donors (Lipinski definition) is 1. The van der Waals surface area contributed by atoms with E-state index >= 15 is 0 Å². The van der Waals surface area contributed by atoms with Gasteiger partial charge in [-0.25, -0.2) is 0 Å². The molecule has 0 radical (unpaired) electrons. The molecule has 0 bridgehead atoms. The lowest BCUT2D eigenvalue weighted by molar-refractivity contribution is 0.103. The average molecular weight is 296 g/mol. The smallest absolute Gasteiger partial charge is 0.211 e. The number of halogens is 1. The van der Waals surface area contributed by atoms with E-state index in [2.05, 4.69) is 6.07 Å². The number of ketones is 1. The van der Waals surface area contributed by atoms with E-state index in [1.54, 1.807) is 53.1 Å². The van der Waals surface area contributed by atoms with Crippen molar-refractivity contribution in [3.63, 3.8) is 0 Å². The first-order valence-corrected chi connectivity index (χ1v) is 6.60. The van der Waals surface area contributed by atoms with Gasteiger partial charge >= 0.3 is 0 Å². The number of pyridine rings is 1. The van der Waals surface area contributed by atoms with Gasteiger partial charge in [0, 0.05) is 16.8 Å². The van der Waals surface area contributed by atoms with E-state index in [0.29, 0.717) is 21.7 Å². The number of nitrogens with zero attached hydrogens (tertiary/aromatic N) is 2. The molecule has 0 atom stereocenters. The van der Waals surface area contributed by atoms with Crippen LogP contribution in [0.15, 0.2) is 48.7 Å². The van der Waals surface area contributed by atoms with Gasteiger partial charge in [-0.2, -0.15) is 5.26 Å². The summed E-state index contributed by atoms with van der Waals surface area (Å²) in [5.41, 5.74) is 7.83. The molecule has 3 rings (SSSR count). The molecule has 2 aromatic heterocycles. The second-order valence-electron chi connectivity index (χ2n) is 4.54. The van der Waals surface area contributed by atoms with Crippen molar-refractivity contribution in [2.24, 2.45) is 0 Å². The fraction of sp³-hybridized carbons (Fsp3) is 0. The van der Waals surface area contributed by atoms with E-state index in [1.165, 1.54) is 0 Å². The lowest BCUT2D eigenvalue weighted by atomic mass is 10.1. The zero-order valence-corrected chi connectivity index (χ0v) is 11.6. The molecule has 2 N–H and O–H groups in total. The molecule has 3 aromatic rings. The minimum atomic E-state index is -0.266. The first kappa shape index (κ1) is 13.2. The second-order valence-corrected chi connectivity index (χ2v) is 4.98. The van der Waals surface area contributed by atoms with Crippen LogP contribution in [-0.2, 0) is 0 Å². The first-order valence-electron chi connectivity index (χ1n) is 6.22. The molecule has 0 amide bonds. The van der Waals surface area contributed by atoms with Crippen molar-refractivity contribution in [1.29, 1.82) is 5.26 Å². The molecule has 5 heteroatoms. The van der Waals surface area contributed by atoms with Gasteiger partial charge < -0.3 is 10.1 Å². The lowest BCUT2D eigenvalue weighted by Crippen LogP contribution is -2.08. The maximum atomic E-state index is 12.7. The zero-order valence-electron chi connectivity index (χ0n) is 10.9. The number of anilines is 1. The Morgan fingerprint density at radius 3 is 2.76 bits per heavy atom. The Morgan fingerprint density at radius 1 is 1.24 bits per heavy atom. The molecule has 0 aliphatic carbocycles. The predicted molar refractivity (Wildman–Crippen MR) is 81.4 cm³/mol. The number of hydrogen-bond acceptors (Lipinski definition) is 3. The highest BCUT2D eigenvalue weighted by atomic mass is 35.5. The summed E-state index contributed by atoms with van der Waals surface area (Å²) in [6.45, 7) is 0. The van der Waals surface area contributed by atoms with Gasteiger partial charge in [-0.3, -0.25) is 4.79 Å². The topological polar surface area (TPSA) is 71.3 Å². The zero-order chi connectivity index (χ0) is 15.0. The van der Waals surface area contributed by atoms with Crippen molar-refractivity contribution < 1.29 is 4.79 Å². The van der Waals surface area contributed by atoms with Crippen molar-refractivity contribution in [3.8, 4) is 6.07 Å². The predicted octanol–water partition coefficient (Wildman–Crippen LogP) is 3.28. The molecule has 0 aliphatic rings. The minimum Gasteiger partial charge on any atom is -0.396 e. The van der Waals surface area contributed by atoms with Crippen molar-refractivity contribution in [2.45, 2.75) is 0 Å². The lowest BCUT2D eigenvalue weighted by Gasteiger charge is -2.04. The summed E-state index contributed by atoms with van der Waals surface area (Å²) in [4.78, 5) is 12.7. The van der Waals surface area contributed by atoms with Crippen molar-refractivity contribution in [1.82, 2.24) is 4.40 Å². The van der Waals surface area contributed by atoms with Crippen LogP contribution in [0.4, 0.5) is 5.69 Å². The highest BCUT2D eigenvalue weighted by molar-refractivity contribution is 6.31. The molecule has 0 aliphatic heterocycles. The van der Waals surface area contributed by atoms with E-state index in [-0.39, 0.29) is 17.2 Å². The maximum Gasteiger partial charge on any atom is 0.211 e. The molecular weight excluding hydrogens is 286 g/mol. The van der Waals surface area contributed by atoms with Crippen LogP contribution in [0.5, 0.6) is 0 Å². The van der Waals surface area contributed by atoms with E-state index in [4.69, 9.17) is 17.3 Å². The van der Waals surface area contributed by atoms with E-state index < -0.39 is 0 Å². The van der Waals surface area contributed by atoms with Crippen LogP contribution in [0.2, 0.25) is 5.02 Å². The minimum absolute atomic E-state index is 0.189. The van der Waals surface area contributed by atoms with E-state index in [9.17, 15) is 10.1 Å². The molecule has 0 saturated heterocycles. The van der Waals surface area contributed by atoms with Gasteiger partial charge in [0.15, 0.2) is 0 Å². The number of nitrogen functional groups attached to an aromatic ring is 1. The van der Waals surface area contributed by atoms with E-state index in [0.717, 1.165) is 0 Å². The molecule has 21 heavy (non-hydrogen) atoms. The summed E-state index contributed by atoms with van der Waals surface area (Å²) < 4.78 is 1.64. The average Bonchev–Trinajstić information content (AvgIpc) is 2.78. The molecule has 0 fully saturated rings. The Labute approximate surface area is 126 Å². The number of nitriles is 1. The number of nitrogens with two attached hydrogens (primary N) is 1. The molecule has 2 heterocycles. The van der Waals surface area contributed by atoms with Crippen LogP contribution < -0.4 is 5.73 Å². The van der Waals surface area contributed by atoms with Crippen molar-refractivity contribution in [2.75, 3.05) is 5.73 Å². The van der Waals surface area contributed by atoms with Crippen molar-refractivity contribution >= 4 is 28.6 Å². The third kappa shape index (κ3) is 2.04. The third-order valence-corrected chi connectivity index (χ3v) is 3.53. The Kier molecular flexibility index (Phi) is 3.13. The third-order valence-electron chi connectivity index (χ3n) is 3.30. The van der Waals surface area contributed by atoms with Crippen LogP contribution in [0, 0.1) is 11.3 Å². The Hall–Kier alpha value is -2.77. The summed E-state index contributed by atoms with van der Waals surface area (Å²) in [5, 5.41) is 9.72. The number of carbonyl (C=O) groups is 1. The van der Waals surface area contributed by atoms with Crippen LogP contribution in [-0.4, -0.2) is 10.2 Å². The van der Waals surface area contributed by atoms with Gasteiger partial charge in [-0.05, 0) is 24.3 Å². The summed E-state index contributed by atoms with van der Waals surface area (Å²) in [6.07, 6.45) is 1.71. The highest BCUT2D eigenvalue weighted by Crippen LogP contribution is 2.28. The van der Waals surface area contributed by atoms with Gasteiger partial charge in [-0.1, -0.05) is 29.8 Å². The summed E-state index contributed by atoms with van der Waals surface area (Å²) in [7, 11) is 0. The molecule has 4 nitrogen and oxygen atoms in total. The number of benzene rings is 1. The molecule has 102 valence electrons. The van der Waals surface area contributed by atoms with Crippen LogP contribution in [0.1, 0.15) is 21.6 Å².